The third kappa shape index (κ3) is 2.80. The lowest BCUT2D eigenvalue weighted by Crippen LogP contribution is -2.49. The van der Waals surface area contributed by atoms with Crippen molar-refractivity contribution in [2.75, 3.05) is 0 Å². The summed E-state index contributed by atoms with van der Waals surface area (Å²) in [6, 6.07) is 4.97. The maximum absolute atomic E-state index is 12.8. The van der Waals surface area contributed by atoms with Crippen LogP contribution >= 0.6 is 0 Å². The van der Waals surface area contributed by atoms with Gasteiger partial charge in [-0.25, -0.2) is 0 Å². The minimum atomic E-state index is -4.32. The molecule has 1 aromatic rings. The Balaban J connectivity index is 1.49. The first-order chi connectivity index (χ1) is 11.3. The van der Waals surface area contributed by atoms with Crippen LogP contribution in [0.5, 0.6) is 0 Å². The first-order valence-corrected chi connectivity index (χ1v) is 8.74. The minimum absolute atomic E-state index is 0.182. The molecule has 0 atom stereocenters. The highest BCUT2D eigenvalue weighted by atomic mass is 19.4. The number of carbonyl (C=O) groups excluding carboxylic acids is 1. The zero-order valence-corrected chi connectivity index (χ0v) is 13.5. The number of hydrogen-bond donors (Lipinski definition) is 0. The Labute approximate surface area is 139 Å². The maximum Gasteiger partial charge on any atom is 0.416 e. The third-order valence-corrected chi connectivity index (χ3v) is 6.23. The zero-order chi connectivity index (χ0) is 16.9. The fraction of sp³-hybridized carbons (Fsp3) is 0.550. The van der Waals surface area contributed by atoms with E-state index in [0.29, 0.717) is 23.3 Å². The molecule has 4 saturated carbocycles. The van der Waals surface area contributed by atoms with Crippen molar-refractivity contribution < 1.29 is 18.0 Å². The molecule has 128 valence electrons. The molecule has 1 aromatic carbocycles. The Kier molecular flexibility index (Phi) is 3.63. The van der Waals surface area contributed by atoms with E-state index < -0.39 is 11.7 Å². The molecule has 4 heteroatoms. The molecule has 0 aromatic heterocycles. The fourth-order valence-electron chi connectivity index (χ4n) is 5.54. The molecule has 0 amide bonds. The van der Waals surface area contributed by atoms with E-state index >= 15 is 0 Å². The second-order valence-corrected chi connectivity index (χ2v) is 8.02. The van der Waals surface area contributed by atoms with E-state index in [4.69, 9.17) is 0 Å². The monoisotopic (exact) mass is 334 g/mol. The predicted octanol–water partition coefficient (Wildman–Crippen LogP) is 5.50. The number of alkyl halides is 3. The highest BCUT2D eigenvalue weighted by Gasteiger charge is 2.53. The van der Waals surface area contributed by atoms with E-state index in [1.807, 2.05) is 0 Å². The molecule has 0 radical (unpaired) electrons. The van der Waals surface area contributed by atoms with Crippen molar-refractivity contribution in [3.63, 3.8) is 0 Å². The van der Waals surface area contributed by atoms with Gasteiger partial charge in [0.15, 0.2) is 5.78 Å². The van der Waals surface area contributed by atoms with Crippen LogP contribution in [0.15, 0.2) is 30.3 Å². The Hall–Kier alpha value is -1.58. The zero-order valence-electron chi connectivity index (χ0n) is 13.5. The van der Waals surface area contributed by atoms with Crippen molar-refractivity contribution in [3.8, 4) is 0 Å². The van der Waals surface area contributed by atoms with Gasteiger partial charge in [-0.05, 0) is 80.1 Å². The summed E-state index contributed by atoms with van der Waals surface area (Å²) in [4.78, 5) is 12.8. The summed E-state index contributed by atoms with van der Waals surface area (Å²) >= 11 is 0. The van der Waals surface area contributed by atoms with Crippen LogP contribution in [0.3, 0.4) is 0 Å². The predicted molar refractivity (Wildman–Crippen MR) is 86.1 cm³/mol. The molecule has 5 rings (SSSR count). The average Bonchev–Trinajstić information content (AvgIpc) is 2.51. The first-order valence-electron chi connectivity index (χ1n) is 8.74. The van der Waals surface area contributed by atoms with Crippen LogP contribution in [0.1, 0.15) is 49.7 Å². The highest BCUT2D eigenvalue weighted by Crippen LogP contribution is 2.60. The maximum atomic E-state index is 12.8. The van der Waals surface area contributed by atoms with Crippen molar-refractivity contribution in [1.29, 1.82) is 0 Å². The molecular weight excluding hydrogens is 313 g/mol. The SMILES string of the molecule is O=C(/C=C/c1ccc(C(F)(F)F)cc1)C12CC3CC(CC(C3)C1)C2. The van der Waals surface area contributed by atoms with Crippen molar-refractivity contribution in [2.45, 2.75) is 44.7 Å². The molecule has 0 saturated heterocycles. The van der Waals surface area contributed by atoms with E-state index in [1.54, 1.807) is 12.2 Å². The van der Waals surface area contributed by atoms with Gasteiger partial charge in [-0.15, -0.1) is 0 Å². The van der Waals surface area contributed by atoms with Crippen molar-refractivity contribution in [3.05, 3.63) is 41.5 Å². The van der Waals surface area contributed by atoms with Gasteiger partial charge in [0.05, 0.1) is 5.56 Å². The molecular formula is C20H21F3O. The summed E-state index contributed by atoms with van der Waals surface area (Å²) in [5.74, 6) is 2.31. The Morgan fingerprint density at radius 2 is 1.46 bits per heavy atom. The lowest BCUT2D eigenvalue weighted by Gasteiger charge is -2.55. The van der Waals surface area contributed by atoms with Gasteiger partial charge in [-0.2, -0.15) is 13.2 Å². The van der Waals surface area contributed by atoms with E-state index in [1.165, 1.54) is 31.4 Å². The molecule has 1 nitrogen and oxygen atoms in total. The Bertz CT molecular complexity index is 634. The second kappa shape index (κ2) is 5.47. The summed E-state index contributed by atoms with van der Waals surface area (Å²) in [6.07, 6.45) is 5.84. The van der Waals surface area contributed by atoms with Gasteiger partial charge in [0.25, 0.3) is 0 Å². The summed E-state index contributed by atoms with van der Waals surface area (Å²) in [7, 11) is 0. The van der Waals surface area contributed by atoms with E-state index in [2.05, 4.69) is 0 Å². The summed E-state index contributed by atoms with van der Waals surface area (Å²) in [5.41, 5.74) is -0.204. The Morgan fingerprint density at radius 3 is 1.92 bits per heavy atom. The molecule has 0 heterocycles. The largest absolute Gasteiger partial charge is 0.416 e. The van der Waals surface area contributed by atoms with Gasteiger partial charge in [0, 0.05) is 5.41 Å². The summed E-state index contributed by atoms with van der Waals surface area (Å²) < 4.78 is 37.8. The smallest absolute Gasteiger partial charge is 0.294 e. The van der Waals surface area contributed by atoms with Gasteiger partial charge < -0.3 is 0 Å². The molecule has 4 fully saturated rings. The Morgan fingerprint density at radius 1 is 0.958 bits per heavy atom. The standard InChI is InChI=1S/C20H21F3O/c21-20(22,23)17-4-1-13(2-5-17)3-6-18(24)19-10-14-7-15(11-19)9-16(8-14)12-19/h1-6,14-16H,7-12H2/b6-3+. The van der Waals surface area contributed by atoms with E-state index in [9.17, 15) is 18.0 Å². The van der Waals surface area contributed by atoms with Gasteiger partial charge in [0.2, 0.25) is 0 Å². The number of allylic oxidation sites excluding steroid dienone is 1. The normalized spacial score (nSPS) is 34.9. The van der Waals surface area contributed by atoms with Crippen LogP contribution in [-0.4, -0.2) is 5.78 Å². The molecule has 4 aliphatic rings. The van der Waals surface area contributed by atoms with Gasteiger partial charge in [-0.3, -0.25) is 4.79 Å². The third-order valence-electron chi connectivity index (χ3n) is 6.23. The van der Waals surface area contributed by atoms with Crippen molar-refractivity contribution >= 4 is 11.9 Å². The molecule has 0 N–H and O–H groups in total. The molecule has 4 bridgehead atoms. The number of hydrogen-bond acceptors (Lipinski definition) is 1. The fourth-order valence-corrected chi connectivity index (χ4v) is 5.54. The lowest BCUT2D eigenvalue weighted by molar-refractivity contribution is -0.138. The molecule has 0 aliphatic heterocycles. The van der Waals surface area contributed by atoms with Gasteiger partial charge in [0.1, 0.15) is 0 Å². The summed E-state index contributed by atoms with van der Waals surface area (Å²) in [6.45, 7) is 0. The van der Waals surface area contributed by atoms with Gasteiger partial charge >= 0.3 is 6.18 Å². The molecule has 24 heavy (non-hydrogen) atoms. The van der Waals surface area contributed by atoms with Crippen LogP contribution in [0, 0.1) is 23.2 Å². The summed E-state index contributed by atoms with van der Waals surface area (Å²) in [5, 5.41) is 0. The van der Waals surface area contributed by atoms with Crippen LogP contribution in [0.4, 0.5) is 13.2 Å². The molecule has 4 aliphatic carbocycles. The highest BCUT2D eigenvalue weighted by molar-refractivity contribution is 5.98. The quantitative estimate of drug-likeness (QED) is 0.667. The van der Waals surface area contributed by atoms with Crippen LogP contribution in [0.25, 0.3) is 6.08 Å². The number of rotatable bonds is 3. The van der Waals surface area contributed by atoms with Crippen LogP contribution in [-0.2, 0) is 11.0 Å². The molecule has 0 unspecified atom stereocenters. The number of benzene rings is 1. The first kappa shape index (κ1) is 15.9. The minimum Gasteiger partial charge on any atom is -0.294 e. The number of carbonyl (C=O) groups is 1. The van der Waals surface area contributed by atoms with E-state index in [-0.39, 0.29) is 11.2 Å². The number of halogens is 3. The van der Waals surface area contributed by atoms with Crippen molar-refractivity contribution in [1.82, 2.24) is 0 Å². The topological polar surface area (TPSA) is 17.1 Å². The molecule has 0 spiro atoms. The van der Waals surface area contributed by atoms with E-state index in [0.717, 1.165) is 31.4 Å². The van der Waals surface area contributed by atoms with Crippen LogP contribution < -0.4 is 0 Å². The lowest BCUT2D eigenvalue weighted by atomic mass is 9.48. The van der Waals surface area contributed by atoms with Crippen LogP contribution in [0.2, 0.25) is 0 Å². The van der Waals surface area contributed by atoms with Crippen molar-refractivity contribution in [2.24, 2.45) is 23.2 Å². The second-order valence-electron chi connectivity index (χ2n) is 8.02. The average molecular weight is 334 g/mol. The number of ketones is 1. The van der Waals surface area contributed by atoms with Gasteiger partial charge in [-0.1, -0.05) is 18.2 Å².